The van der Waals surface area contributed by atoms with Crippen molar-refractivity contribution in [3.63, 3.8) is 0 Å². The van der Waals surface area contributed by atoms with Crippen LogP contribution in [-0.2, 0) is 0 Å². The normalized spacial score (nSPS) is 11.2. The van der Waals surface area contributed by atoms with E-state index in [1.807, 2.05) is 0 Å². The van der Waals surface area contributed by atoms with Gasteiger partial charge in [-0.2, -0.15) is 0 Å². The van der Waals surface area contributed by atoms with Crippen molar-refractivity contribution in [3.8, 4) is 0 Å². The quantitative estimate of drug-likeness (QED) is 0.688. The molecule has 0 saturated heterocycles. The van der Waals surface area contributed by atoms with Crippen molar-refractivity contribution in [1.29, 1.82) is 0 Å². The molecule has 0 aromatic carbocycles. The average molecular weight is 245 g/mol. The molecule has 0 amide bonds. The van der Waals surface area contributed by atoms with Crippen molar-refractivity contribution in [3.05, 3.63) is 0 Å². The van der Waals surface area contributed by atoms with Gasteiger partial charge in [0.1, 0.15) is 0 Å². The summed E-state index contributed by atoms with van der Waals surface area (Å²) in [5.74, 6) is 0. The first-order valence-electron chi connectivity index (χ1n) is 2.56. The molecule has 0 atom stereocenters. The van der Waals surface area contributed by atoms with Gasteiger partial charge in [-0.25, -0.2) is 0 Å². The van der Waals surface area contributed by atoms with Crippen molar-refractivity contribution in [2.45, 2.75) is 10.2 Å². The van der Waals surface area contributed by atoms with E-state index in [4.69, 9.17) is 0 Å². The van der Waals surface area contributed by atoms with Gasteiger partial charge in [-0.1, -0.05) is 31.9 Å². The van der Waals surface area contributed by atoms with Gasteiger partial charge in [0.05, 0.1) is 3.74 Å². The average Bonchev–Trinajstić information content (AvgIpc) is 1.61. The van der Waals surface area contributed by atoms with Crippen LogP contribution < -0.4 is 0 Å². The molecule has 0 spiro atoms. The van der Waals surface area contributed by atoms with E-state index in [2.05, 4.69) is 50.9 Å². The first kappa shape index (κ1) is 8.92. The van der Waals surface area contributed by atoms with Crippen molar-refractivity contribution < 1.29 is 0 Å². The van der Waals surface area contributed by atoms with Crippen LogP contribution in [0.15, 0.2) is 0 Å². The summed E-state index contributed by atoms with van der Waals surface area (Å²) < 4.78 is 0.470. The van der Waals surface area contributed by atoms with Crippen LogP contribution in [0.1, 0.15) is 6.42 Å². The summed E-state index contributed by atoms with van der Waals surface area (Å²) in [6.45, 7) is 1.13. The lowest BCUT2D eigenvalue weighted by molar-refractivity contribution is 0.408. The van der Waals surface area contributed by atoms with Gasteiger partial charge in [0.25, 0.3) is 0 Å². The summed E-state index contributed by atoms with van der Waals surface area (Å²) in [4.78, 5) is 2.16. The topological polar surface area (TPSA) is 3.24 Å². The first-order chi connectivity index (χ1) is 3.63. The van der Waals surface area contributed by atoms with Gasteiger partial charge in [-0.3, -0.25) is 0 Å². The molecular formula is C5H11Br2N. The van der Waals surface area contributed by atoms with Crippen LogP contribution in [-0.4, -0.2) is 29.3 Å². The van der Waals surface area contributed by atoms with Gasteiger partial charge in [-0.05, 0) is 27.1 Å². The molecule has 3 heteroatoms. The van der Waals surface area contributed by atoms with E-state index in [1.165, 1.54) is 0 Å². The number of rotatable bonds is 3. The number of nitrogens with zero attached hydrogens (tertiary/aromatic N) is 1. The van der Waals surface area contributed by atoms with Crippen molar-refractivity contribution in [1.82, 2.24) is 4.90 Å². The highest BCUT2D eigenvalue weighted by atomic mass is 79.9. The standard InChI is InChI=1S/C5H11Br2N/c1-8(2)4-3-5(6)7/h5H,3-4H2,1-2H3. The lowest BCUT2D eigenvalue weighted by Gasteiger charge is -2.08. The van der Waals surface area contributed by atoms with Crippen LogP contribution in [0.25, 0.3) is 0 Å². The van der Waals surface area contributed by atoms with Crippen molar-refractivity contribution in [2.24, 2.45) is 0 Å². The lowest BCUT2D eigenvalue weighted by atomic mass is 10.5. The van der Waals surface area contributed by atoms with Crippen LogP contribution in [0, 0.1) is 0 Å². The molecule has 0 fully saturated rings. The second kappa shape index (κ2) is 4.77. The molecule has 50 valence electrons. The highest BCUT2D eigenvalue weighted by molar-refractivity contribution is 9.24. The Morgan fingerprint density at radius 3 is 2.00 bits per heavy atom. The Morgan fingerprint density at radius 2 is 1.88 bits per heavy atom. The molecule has 0 aliphatic rings. The van der Waals surface area contributed by atoms with Gasteiger partial charge in [-0.15, -0.1) is 0 Å². The predicted molar refractivity (Wildman–Crippen MR) is 44.8 cm³/mol. The van der Waals surface area contributed by atoms with Crippen molar-refractivity contribution >= 4 is 31.9 Å². The molecule has 1 nitrogen and oxygen atoms in total. The van der Waals surface area contributed by atoms with E-state index in [0.717, 1.165) is 13.0 Å². The second-order valence-corrected chi connectivity index (χ2v) is 5.42. The van der Waals surface area contributed by atoms with E-state index in [1.54, 1.807) is 0 Å². The number of halogens is 2. The van der Waals surface area contributed by atoms with E-state index in [9.17, 15) is 0 Å². The Morgan fingerprint density at radius 1 is 1.38 bits per heavy atom. The fourth-order valence-electron chi connectivity index (χ4n) is 0.356. The molecule has 0 rings (SSSR count). The molecule has 0 aliphatic heterocycles. The summed E-state index contributed by atoms with van der Waals surface area (Å²) in [5.41, 5.74) is 0. The van der Waals surface area contributed by atoms with Crippen LogP contribution in [0.2, 0.25) is 0 Å². The predicted octanol–water partition coefficient (Wildman–Crippen LogP) is 2.05. The minimum Gasteiger partial charge on any atom is -0.309 e. The maximum atomic E-state index is 3.39. The maximum absolute atomic E-state index is 3.39. The molecule has 0 aromatic rings. The van der Waals surface area contributed by atoms with Crippen LogP contribution >= 0.6 is 31.9 Å². The second-order valence-electron chi connectivity index (χ2n) is 1.98. The first-order valence-corrected chi connectivity index (χ1v) is 4.39. The molecule has 0 aromatic heterocycles. The minimum atomic E-state index is 0.470. The SMILES string of the molecule is CN(C)CCC(Br)Br. The third-order valence-corrected chi connectivity index (χ3v) is 1.71. The Balaban J connectivity index is 2.93. The van der Waals surface area contributed by atoms with Gasteiger partial charge in [0.15, 0.2) is 0 Å². The molecule has 0 radical (unpaired) electrons. The zero-order chi connectivity index (χ0) is 6.57. The third kappa shape index (κ3) is 6.92. The molecular weight excluding hydrogens is 234 g/mol. The molecule has 0 N–H and O–H groups in total. The molecule has 0 saturated carbocycles. The maximum Gasteiger partial charge on any atom is 0.0710 e. The fourth-order valence-corrected chi connectivity index (χ4v) is 0.765. The number of hydrogen-bond donors (Lipinski definition) is 0. The summed E-state index contributed by atoms with van der Waals surface area (Å²) in [6, 6.07) is 0. The Kier molecular flexibility index (Phi) is 5.31. The van der Waals surface area contributed by atoms with Crippen LogP contribution in [0.3, 0.4) is 0 Å². The fraction of sp³-hybridized carbons (Fsp3) is 1.00. The van der Waals surface area contributed by atoms with Crippen LogP contribution in [0.4, 0.5) is 0 Å². The van der Waals surface area contributed by atoms with Gasteiger partial charge >= 0.3 is 0 Å². The van der Waals surface area contributed by atoms with Crippen LogP contribution in [0.5, 0.6) is 0 Å². The Labute approximate surface area is 67.7 Å². The molecule has 0 unspecified atom stereocenters. The van der Waals surface area contributed by atoms with Gasteiger partial charge in [0, 0.05) is 0 Å². The minimum absolute atomic E-state index is 0.470. The van der Waals surface area contributed by atoms with E-state index < -0.39 is 0 Å². The van der Waals surface area contributed by atoms with Gasteiger partial charge < -0.3 is 4.90 Å². The van der Waals surface area contributed by atoms with E-state index in [0.29, 0.717) is 3.74 Å². The molecule has 8 heavy (non-hydrogen) atoms. The molecule has 0 bridgehead atoms. The highest BCUT2D eigenvalue weighted by Crippen LogP contribution is 2.11. The van der Waals surface area contributed by atoms with Crippen molar-refractivity contribution in [2.75, 3.05) is 20.6 Å². The molecule has 0 heterocycles. The zero-order valence-corrected chi connectivity index (χ0v) is 8.37. The Bertz CT molecular complexity index is 46.4. The summed E-state index contributed by atoms with van der Waals surface area (Å²) in [6.07, 6.45) is 1.15. The van der Waals surface area contributed by atoms with Gasteiger partial charge in [0.2, 0.25) is 0 Å². The number of alkyl halides is 2. The summed E-state index contributed by atoms with van der Waals surface area (Å²) in [5, 5.41) is 0. The van der Waals surface area contributed by atoms with E-state index >= 15 is 0 Å². The monoisotopic (exact) mass is 243 g/mol. The highest BCUT2D eigenvalue weighted by Gasteiger charge is 1.96. The largest absolute Gasteiger partial charge is 0.309 e. The summed E-state index contributed by atoms with van der Waals surface area (Å²) in [7, 11) is 4.14. The number of hydrogen-bond acceptors (Lipinski definition) is 1. The summed E-state index contributed by atoms with van der Waals surface area (Å²) >= 11 is 6.79. The smallest absolute Gasteiger partial charge is 0.0710 e. The zero-order valence-electron chi connectivity index (χ0n) is 5.19. The lowest BCUT2D eigenvalue weighted by Crippen LogP contribution is -2.14. The Hall–Kier alpha value is 0.920. The molecule has 0 aliphatic carbocycles. The van der Waals surface area contributed by atoms with E-state index in [-0.39, 0.29) is 0 Å². The third-order valence-electron chi connectivity index (χ3n) is 0.795.